The van der Waals surface area contributed by atoms with E-state index in [1.165, 1.54) is 0 Å². The minimum absolute atomic E-state index is 0.106. The first-order chi connectivity index (χ1) is 14.3. The number of carbonyl (C=O) groups excluding carboxylic acids is 2. The highest BCUT2D eigenvalue weighted by atomic mass is 16.5. The molecule has 0 fully saturated rings. The van der Waals surface area contributed by atoms with Crippen molar-refractivity contribution >= 4 is 23.2 Å². The van der Waals surface area contributed by atoms with Gasteiger partial charge in [0, 0.05) is 35.2 Å². The zero-order valence-electron chi connectivity index (χ0n) is 18.1. The van der Waals surface area contributed by atoms with Crippen LogP contribution in [0.4, 0.5) is 11.4 Å². The van der Waals surface area contributed by atoms with Crippen LogP contribution in [0.15, 0.2) is 48.5 Å². The van der Waals surface area contributed by atoms with Crippen molar-refractivity contribution in [2.45, 2.75) is 33.2 Å². The molecule has 162 valence electrons. The molecule has 0 radical (unpaired) electrons. The molecular formula is C23H31N3O4. The van der Waals surface area contributed by atoms with Crippen molar-refractivity contribution in [3.8, 4) is 5.75 Å². The second-order valence-electron chi connectivity index (χ2n) is 7.76. The number of nitrogens with one attached hydrogen (secondary N) is 3. The molecule has 2 aromatic rings. The smallest absolute Gasteiger partial charge is 0.251 e. The minimum atomic E-state index is -0.304. The summed E-state index contributed by atoms with van der Waals surface area (Å²) in [5, 5.41) is 8.79. The van der Waals surface area contributed by atoms with Gasteiger partial charge in [0.1, 0.15) is 12.4 Å². The Bertz CT molecular complexity index is 829. The summed E-state index contributed by atoms with van der Waals surface area (Å²) < 4.78 is 10.9. The molecule has 0 heterocycles. The predicted octanol–water partition coefficient (Wildman–Crippen LogP) is 3.68. The van der Waals surface area contributed by atoms with Gasteiger partial charge in [0.05, 0.1) is 13.2 Å². The molecule has 0 aliphatic carbocycles. The second kappa shape index (κ2) is 11.2. The molecular weight excluding hydrogens is 382 g/mol. The van der Waals surface area contributed by atoms with Crippen LogP contribution in [0.5, 0.6) is 5.75 Å². The summed E-state index contributed by atoms with van der Waals surface area (Å²) in [5.41, 5.74) is 1.65. The number of anilines is 2. The normalized spacial score (nSPS) is 10.9. The average Bonchev–Trinajstić information content (AvgIpc) is 2.69. The average molecular weight is 414 g/mol. The molecule has 2 rings (SSSR count). The number of amides is 2. The lowest BCUT2D eigenvalue weighted by Gasteiger charge is -2.20. The Hall–Kier alpha value is -3.06. The molecule has 30 heavy (non-hydrogen) atoms. The number of carbonyl (C=O) groups is 2. The summed E-state index contributed by atoms with van der Waals surface area (Å²) in [6.07, 6.45) is 0. The molecule has 0 bridgehead atoms. The largest absolute Gasteiger partial charge is 0.491 e. The Balaban J connectivity index is 1.81. The summed E-state index contributed by atoms with van der Waals surface area (Å²) >= 11 is 0. The van der Waals surface area contributed by atoms with Crippen LogP contribution < -0.4 is 20.7 Å². The summed E-state index contributed by atoms with van der Waals surface area (Å²) in [6.45, 7) is 9.49. The maximum Gasteiger partial charge on any atom is 0.251 e. The summed E-state index contributed by atoms with van der Waals surface area (Å²) in [7, 11) is 0. The van der Waals surface area contributed by atoms with Crippen molar-refractivity contribution < 1.29 is 19.1 Å². The highest BCUT2D eigenvalue weighted by Crippen LogP contribution is 2.17. The van der Waals surface area contributed by atoms with E-state index >= 15 is 0 Å². The number of ether oxygens (including phenoxy) is 2. The van der Waals surface area contributed by atoms with Crippen LogP contribution in [-0.2, 0) is 9.53 Å². The van der Waals surface area contributed by atoms with Crippen molar-refractivity contribution in [2.75, 3.05) is 37.0 Å². The lowest BCUT2D eigenvalue weighted by molar-refractivity contribution is -0.114. The van der Waals surface area contributed by atoms with E-state index in [0.717, 1.165) is 5.69 Å². The highest BCUT2D eigenvalue weighted by Gasteiger charge is 2.15. The predicted molar refractivity (Wildman–Crippen MR) is 119 cm³/mol. The van der Waals surface area contributed by atoms with Crippen LogP contribution in [0.1, 0.15) is 38.1 Å². The van der Waals surface area contributed by atoms with Gasteiger partial charge in [-0.3, -0.25) is 9.59 Å². The molecule has 3 N–H and O–H groups in total. The fourth-order valence-corrected chi connectivity index (χ4v) is 2.56. The van der Waals surface area contributed by atoms with Gasteiger partial charge in [-0.1, -0.05) is 6.07 Å². The Kier molecular flexibility index (Phi) is 8.68. The number of hydrogen-bond acceptors (Lipinski definition) is 5. The van der Waals surface area contributed by atoms with Crippen LogP contribution in [-0.4, -0.2) is 43.7 Å². The Morgan fingerprint density at radius 2 is 1.70 bits per heavy atom. The molecule has 0 saturated carbocycles. The standard InChI is InChI=1S/C23H31N3O4/c1-5-29-13-14-30-20-8-6-7-19(15-20)24-16-21(27)25-18-11-9-17(10-12-18)22(28)26-23(2,3)4/h6-12,15,24H,5,13-14,16H2,1-4H3,(H,25,27)(H,26,28). The molecule has 2 aromatic carbocycles. The van der Waals surface area contributed by atoms with E-state index in [1.54, 1.807) is 24.3 Å². The fraction of sp³-hybridized carbons (Fsp3) is 0.391. The molecule has 0 aliphatic heterocycles. The molecule has 0 aliphatic rings. The minimum Gasteiger partial charge on any atom is -0.491 e. The van der Waals surface area contributed by atoms with E-state index in [1.807, 2.05) is 52.0 Å². The maximum atomic E-state index is 12.2. The summed E-state index contributed by atoms with van der Waals surface area (Å²) in [6, 6.07) is 14.2. The van der Waals surface area contributed by atoms with Crippen molar-refractivity contribution in [2.24, 2.45) is 0 Å². The van der Waals surface area contributed by atoms with Gasteiger partial charge in [0.2, 0.25) is 5.91 Å². The molecule has 0 unspecified atom stereocenters. The molecule has 7 heteroatoms. The van der Waals surface area contributed by atoms with Crippen LogP contribution >= 0.6 is 0 Å². The van der Waals surface area contributed by atoms with Gasteiger partial charge in [-0.2, -0.15) is 0 Å². The fourth-order valence-electron chi connectivity index (χ4n) is 2.56. The van der Waals surface area contributed by atoms with E-state index in [0.29, 0.717) is 36.8 Å². The van der Waals surface area contributed by atoms with Crippen LogP contribution in [0.25, 0.3) is 0 Å². The Morgan fingerprint density at radius 1 is 0.967 bits per heavy atom. The number of benzene rings is 2. The zero-order chi connectivity index (χ0) is 22.0. The molecule has 0 saturated heterocycles. The lowest BCUT2D eigenvalue weighted by atomic mass is 10.1. The van der Waals surface area contributed by atoms with Gasteiger partial charge in [0.25, 0.3) is 5.91 Å². The number of hydrogen-bond donors (Lipinski definition) is 3. The molecule has 7 nitrogen and oxygen atoms in total. The van der Waals surface area contributed by atoms with Crippen LogP contribution in [0.2, 0.25) is 0 Å². The van der Waals surface area contributed by atoms with Crippen molar-refractivity contribution in [1.82, 2.24) is 5.32 Å². The van der Waals surface area contributed by atoms with E-state index in [4.69, 9.17) is 9.47 Å². The first-order valence-electron chi connectivity index (χ1n) is 10.0. The molecule has 0 aromatic heterocycles. The van der Waals surface area contributed by atoms with E-state index in [2.05, 4.69) is 16.0 Å². The third kappa shape index (κ3) is 8.53. The van der Waals surface area contributed by atoms with E-state index in [-0.39, 0.29) is 23.9 Å². The van der Waals surface area contributed by atoms with Gasteiger partial charge < -0.3 is 25.4 Å². The van der Waals surface area contributed by atoms with E-state index < -0.39 is 0 Å². The third-order valence-electron chi connectivity index (χ3n) is 3.91. The second-order valence-corrected chi connectivity index (χ2v) is 7.76. The van der Waals surface area contributed by atoms with Gasteiger partial charge >= 0.3 is 0 Å². The molecule has 0 atom stereocenters. The van der Waals surface area contributed by atoms with Gasteiger partial charge in [-0.05, 0) is 64.1 Å². The first kappa shape index (κ1) is 23.2. The quantitative estimate of drug-likeness (QED) is 0.517. The Morgan fingerprint density at radius 3 is 2.37 bits per heavy atom. The van der Waals surface area contributed by atoms with Crippen molar-refractivity contribution in [3.63, 3.8) is 0 Å². The molecule has 2 amide bonds. The van der Waals surface area contributed by atoms with Crippen molar-refractivity contribution in [1.29, 1.82) is 0 Å². The number of rotatable bonds is 10. The lowest BCUT2D eigenvalue weighted by Crippen LogP contribution is -2.40. The van der Waals surface area contributed by atoms with E-state index in [9.17, 15) is 9.59 Å². The third-order valence-corrected chi connectivity index (χ3v) is 3.91. The SMILES string of the molecule is CCOCCOc1cccc(NCC(=O)Nc2ccc(C(=O)NC(C)(C)C)cc2)c1. The monoisotopic (exact) mass is 413 g/mol. The van der Waals surface area contributed by atoms with Crippen molar-refractivity contribution in [3.05, 3.63) is 54.1 Å². The summed E-state index contributed by atoms with van der Waals surface area (Å²) in [4.78, 5) is 24.4. The Labute approximate surface area is 178 Å². The van der Waals surface area contributed by atoms with Crippen LogP contribution in [0, 0.1) is 0 Å². The molecule has 0 spiro atoms. The van der Waals surface area contributed by atoms with Gasteiger partial charge in [0.15, 0.2) is 0 Å². The van der Waals surface area contributed by atoms with Gasteiger partial charge in [-0.15, -0.1) is 0 Å². The van der Waals surface area contributed by atoms with Gasteiger partial charge in [-0.25, -0.2) is 0 Å². The maximum absolute atomic E-state index is 12.2. The topological polar surface area (TPSA) is 88.7 Å². The highest BCUT2D eigenvalue weighted by molar-refractivity contribution is 5.97. The first-order valence-corrected chi connectivity index (χ1v) is 10.0. The van der Waals surface area contributed by atoms with Crippen LogP contribution in [0.3, 0.4) is 0 Å². The summed E-state index contributed by atoms with van der Waals surface area (Å²) in [5.74, 6) is 0.374. The zero-order valence-corrected chi connectivity index (χ0v) is 18.1.